The fraction of sp³-hybridized carbons (Fsp3) is 0.476. The number of hydrogen-bond acceptors (Lipinski definition) is 7. The van der Waals surface area contributed by atoms with Crippen molar-refractivity contribution in [2.24, 2.45) is 0 Å². The smallest absolute Gasteiger partial charge is 0.224 e. The Bertz CT molecular complexity index is 792. The lowest BCUT2D eigenvalue weighted by atomic mass is 10.1. The molecular weight excluding hydrogens is 372 g/mol. The molecule has 0 saturated carbocycles. The molecule has 2 aromatic rings. The lowest BCUT2D eigenvalue weighted by Crippen LogP contribution is -2.37. The van der Waals surface area contributed by atoms with Crippen LogP contribution in [0.1, 0.15) is 18.3 Å². The van der Waals surface area contributed by atoms with Crippen LogP contribution in [0.25, 0.3) is 0 Å². The lowest BCUT2D eigenvalue weighted by molar-refractivity contribution is -0.120. The third-order valence-corrected chi connectivity index (χ3v) is 4.41. The quantitative estimate of drug-likeness (QED) is 0.642. The van der Waals surface area contributed by atoms with Crippen molar-refractivity contribution in [3.05, 3.63) is 41.7 Å². The summed E-state index contributed by atoms with van der Waals surface area (Å²) in [4.78, 5) is 23.1. The molecular formula is C21H28N4O4. The van der Waals surface area contributed by atoms with Crippen LogP contribution in [-0.4, -0.2) is 61.9 Å². The first-order chi connectivity index (χ1) is 14.1. The van der Waals surface area contributed by atoms with Gasteiger partial charge in [-0.25, -0.2) is 4.98 Å². The van der Waals surface area contributed by atoms with Gasteiger partial charge in [-0.3, -0.25) is 4.79 Å². The Balaban J connectivity index is 1.42. The molecule has 0 radical (unpaired) electrons. The normalized spacial score (nSPS) is 13.8. The van der Waals surface area contributed by atoms with Crippen LogP contribution >= 0.6 is 0 Å². The zero-order valence-corrected chi connectivity index (χ0v) is 17.0. The summed E-state index contributed by atoms with van der Waals surface area (Å²) in [6, 6.07) is 9.38. The van der Waals surface area contributed by atoms with E-state index in [1.807, 2.05) is 44.2 Å². The minimum absolute atomic E-state index is 0.0503. The number of hydrogen-bond donors (Lipinski definition) is 1. The van der Waals surface area contributed by atoms with Crippen LogP contribution in [-0.2, 0) is 16.0 Å². The number of carbonyl (C=O) groups is 1. The molecule has 0 unspecified atom stereocenters. The average Bonchev–Trinajstić information content (AvgIpc) is 2.73. The number of benzene rings is 1. The Labute approximate surface area is 171 Å². The van der Waals surface area contributed by atoms with Gasteiger partial charge in [0.15, 0.2) is 0 Å². The van der Waals surface area contributed by atoms with Gasteiger partial charge in [-0.15, -0.1) is 0 Å². The van der Waals surface area contributed by atoms with Crippen LogP contribution in [0, 0.1) is 6.92 Å². The molecule has 1 aliphatic heterocycles. The van der Waals surface area contributed by atoms with Gasteiger partial charge in [-0.2, -0.15) is 4.98 Å². The second-order valence-corrected chi connectivity index (χ2v) is 6.66. The monoisotopic (exact) mass is 400 g/mol. The molecule has 2 heterocycles. The number of aromatic nitrogens is 2. The Morgan fingerprint density at radius 2 is 1.93 bits per heavy atom. The van der Waals surface area contributed by atoms with Crippen molar-refractivity contribution in [2.75, 3.05) is 51.0 Å². The van der Waals surface area contributed by atoms with Gasteiger partial charge in [-0.05, 0) is 31.5 Å². The highest BCUT2D eigenvalue weighted by molar-refractivity contribution is 5.78. The number of nitrogens with zero attached hydrogens (tertiary/aromatic N) is 3. The second-order valence-electron chi connectivity index (χ2n) is 6.66. The van der Waals surface area contributed by atoms with Crippen LogP contribution in [0.2, 0.25) is 0 Å². The number of nitrogens with one attached hydrogen (secondary N) is 1. The van der Waals surface area contributed by atoms with Crippen molar-refractivity contribution in [1.82, 2.24) is 15.3 Å². The highest BCUT2D eigenvalue weighted by Crippen LogP contribution is 2.18. The number of carbonyl (C=O) groups excluding carboxylic acids is 1. The lowest BCUT2D eigenvalue weighted by Gasteiger charge is -2.28. The molecule has 0 bridgehead atoms. The number of aryl methyl sites for hydroxylation is 1. The van der Waals surface area contributed by atoms with Gasteiger partial charge in [0.05, 0.1) is 32.8 Å². The zero-order chi connectivity index (χ0) is 20.5. The molecule has 0 spiro atoms. The summed E-state index contributed by atoms with van der Waals surface area (Å²) in [5.41, 5.74) is 0.938. The van der Waals surface area contributed by atoms with Crippen LogP contribution in [0.5, 0.6) is 11.6 Å². The summed E-state index contributed by atoms with van der Waals surface area (Å²) >= 11 is 0. The van der Waals surface area contributed by atoms with Crippen LogP contribution in [0.4, 0.5) is 5.82 Å². The van der Waals surface area contributed by atoms with Gasteiger partial charge < -0.3 is 24.4 Å². The fourth-order valence-electron chi connectivity index (χ4n) is 3.02. The molecule has 3 rings (SSSR count). The first kappa shape index (κ1) is 20.9. The van der Waals surface area contributed by atoms with E-state index in [0.717, 1.165) is 30.2 Å². The predicted molar refractivity (Wildman–Crippen MR) is 110 cm³/mol. The van der Waals surface area contributed by atoms with Gasteiger partial charge in [0, 0.05) is 19.2 Å². The van der Waals surface area contributed by atoms with Gasteiger partial charge in [0.2, 0.25) is 11.8 Å². The van der Waals surface area contributed by atoms with E-state index in [-0.39, 0.29) is 5.91 Å². The number of ether oxygens (including phenoxy) is 3. The molecule has 1 saturated heterocycles. The molecule has 8 nitrogen and oxygen atoms in total. The topological polar surface area (TPSA) is 85.8 Å². The average molecular weight is 400 g/mol. The summed E-state index contributed by atoms with van der Waals surface area (Å²) in [6.07, 6.45) is 0.320. The Hall–Kier alpha value is -2.87. The van der Waals surface area contributed by atoms with E-state index in [1.165, 1.54) is 0 Å². The summed E-state index contributed by atoms with van der Waals surface area (Å²) in [7, 11) is 0. The predicted octanol–water partition coefficient (Wildman–Crippen LogP) is 1.76. The Morgan fingerprint density at radius 3 is 2.66 bits per heavy atom. The van der Waals surface area contributed by atoms with Crippen molar-refractivity contribution in [3.63, 3.8) is 0 Å². The third-order valence-electron chi connectivity index (χ3n) is 4.41. The van der Waals surface area contributed by atoms with Gasteiger partial charge >= 0.3 is 0 Å². The molecule has 8 heteroatoms. The van der Waals surface area contributed by atoms with E-state index in [9.17, 15) is 4.79 Å². The number of morpholine rings is 1. The minimum atomic E-state index is -0.0503. The minimum Gasteiger partial charge on any atom is -0.494 e. The summed E-state index contributed by atoms with van der Waals surface area (Å²) in [6.45, 7) is 8.15. The number of anilines is 1. The molecule has 1 amide bonds. The van der Waals surface area contributed by atoms with E-state index >= 15 is 0 Å². The third kappa shape index (κ3) is 6.60. The maximum absolute atomic E-state index is 12.1. The van der Waals surface area contributed by atoms with E-state index < -0.39 is 0 Å². The molecule has 1 aliphatic rings. The molecule has 1 aromatic carbocycles. The van der Waals surface area contributed by atoms with Crippen molar-refractivity contribution < 1.29 is 19.0 Å². The maximum atomic E-state index is 12.1. The van der Waals surface area contributed by atoms with Gasteiger partial charge in [0.25, 0.3) is 0 Å². The molecule has 0 atom stereocenters. The first-order valence-corrected chi connectivity index (χ1v) is 9.93. The molecule has 1 fully saturated rings. The maximum Gasteiger partial charge on any atom is 0.224 e. The molecule has 1 aromatic heterocycles. The van der Waals surface area contributed by atoms with Gasteiger partial charge in [-0.1, -0.05) is 12.1 Å². The Kier molecular flexibility index (Phi) is 7.63. The summed E-state index contributed by atoms with van der Waals surface area (Å²) in [5.74, 6) is 2.77. The molecule has 156 valence electrons. The molecule has 1 N–H and O–H groups in total. The summed E-state index contributed by atoms with van der Waals surface area (Å²) < 4.78 is 16.5. The zero-order valence-electron chi connectivity index (χ0n) is 17.0. The largest absolute Gasteiger partial charge is 0.494 e. The van der Waals surface area contributed by atoms with Crippen LogP contribution in [0.15, 0.2) is 30.3 Å². The van der Waals surface area contributed by atoms with E-state index in [4.69, 9.17) is 14.2 Å². The molecule has 29 heavy (non-hydrogen) atoms. The second kappa shape index (κ2) is 10.6. The number of amides is 1. The standard InChI is InChI=1S/C21H28N4O4/c1-3-28-18-6-4-17(5-7-18)14-20(26)22-8-11-29-21-15-19(23-16(2)24-21)25-9-12-27-13-10-25/h4-7,15H,3,8-14H2,1-2H3,(H,22,26). The van der Waals surface area contributed by atoms with E-state index in [1.54, 1.807) is 0 Å². The van der Waals surface area contributed by atoms with E-state index in [2.05, 4.69) is 20.2 Å². The van der Waals surface area contributed by atoms with Crippen molar-refractivity contribution in [3.8, 4) is 11.6 Å². The van der Waals surface area contributed by atoms with Crippen molar-refractivity contribution >= 4 is 11.7 Å². The molecule has 0 aliphatic carbocycles. The fourth-order valence-corrected chi connectivity index (χ4v) is 3.02. The first-order valence-electron chi connectivity index (χ1n) is 9.93. The highest BCUT2D eigenvalue weighted by atomic mass is 16.5. The van der Waals surface area contributed by atoms with Crippen molar-refractivity contribution in [1.29, 1.82) is 0 Å². The number of rotatable bonds is 9. The van der Waals surface area contributed by atoms with Crippen LogP contribution < -0.4 is 19.7 Å². The summed E-state index contributed by atoms with van der Waals surface area (Å²) in [5, 5.41) is 2.87. The highest BCUT2D eigenvalue weighted by Gasteiger charge is 2.14. The van der Waals surface area contributed by atoms with E-state index in [0.29, 0.717) is 51.1 Å². The van der Waals surface area contributed by atoms with Gasteiger partial charge in [0.1, 0.15) is 24.0 Å². The Morgan fingerprint density at radius 1 is 1.17 bits per heavy atom. The van der Waals surface area contributed by atoms with Crippen LogP contribution in [0.3, 0.4) is 0 Å². The van der Waals surface area contributed by atoms with Crippen molar-refractivity contribution in [2.45, 2.75) is 20.3 Å². The SMILES string of the molecule is CCOc1ccc(CC(=O)NCCOc2cc(N3CCOCC3)nc(C)n2)cc1.